The Morgan fingerprint density at radius 2 is 1.04 bits per heavy atom. The monoisotopic (exact) mass is 938 g/mol. The second-order valence-electron chi connectivity index (χ2n) is 17.3. The highest BCUT2D eigenvalue weighted by atomic mass is 31.2. The molecule has 68 heavy (non-hydrogen) atoms. The molecule has 6 aromatic carbocycles. The summed E-state index contributed by atoms with van der Waals surface area (Å²) in [6.07, 6.45) is 5.30. The highest BCUT2D eigenvalue weighted by molar-refractivity contribution is 7.44. The number of fused-ring (bicyclic) bond motifs is 3. The van der Waals surface area contributed by atoms with Crippen molar-refractivity contribution in [1.82, 2.24) is 15.3 Å². The molecule has 1 unspecified atom stereocenters. The molecule has 2 N–H and O–H groups in total. The maximum atomic E-state index is 13.5. The first-order valence-electron chi connectivity index (χ1n) is 23.8. The van der Waals surface area contributed by atoms with Gasteiger partial charge in [0, 0.05) is 42.9 Å². The predicted molar refractivity (Wildman–Crippen MR) is 273 cm³/mol. The largest absolute Gasteiger partial charge is 0.497 e. The SMILES string of the molecule is COc1ccc(C(OCCCCCNC(=O)c2ccc3ccc4ccc(C(=O)NCCCCCOP(OCCC#N)N(C(C)C)C(C)C)cc4c3c2)(c2ccccc2)c2ccc(OC)cc2)cc1. The van der Waals surface area contributed by atoms with Crippen molar-refractivity contribution in [2.75, 3.05) is 47.1 Å². The topological polar surface area (TPSA) is 131 Å². The van der Waals surface area contributed by atoms with Gasteiger partial charge in [0.1, 0.15) is 17.1 Å². The van der Waals surface area contributed by atoms with Gasteiger partial charge in [-0.05, 0) is 153 Å². The van der Waals surface area contributed by atoms with Gasteiger partial charge in [0.2, 0.25) is 0 Å². The van der Waals surface area contributed by atoms with Gasteiger partial charge < -0.3 is 33.9 Å². The number of nitrogens with one attached hydrogen (secondary N) is 2. The van der Waals surface area contributed by atoms with Crippen LogP contribution in [0.1, 0.15) is 110 Å². The number of nitrogens with zero attached hydrogens (tertiary/aromatic N) is 2. The second kappa shape index (κ2) is 26.0. The van der Waals surface area contributed by atoms with Crippen molar-refractivity contribution in [3.8, 4) is 17.6 Å². The number of carbonyl (C=O) groups excluding carboxylic acids is 2. The minimum Gasteiger partial charge on any atom is -0.497 e. The molecule has 1 atom stereocenters. The maximum absolute atomic E-state index is 13.5. The highest BCUT2D eigenvalue weighted by Crippen LogP contribution is 2.46. The van der Waals surface area contributed by atoms with Crippen LogP contribution in [0.4, 0.5) is 0 Å². The zero-order chi connectivity index (χ0) is 48.3. The smallest absolute Gasteiger partial charge is 0.259 e. The summed E-state index contributed by atoms with van der Waals surface area (Å²) >= 11 is 0. The molecule has 6 aromatic rings. The summed E-state index contributed by atoms with van der Waals surface area (Å²) in [7, 11) is 2.07. The van der Waals surface area contributed by atoms with Crippen LogP contribution in [0.15, 0.2) is 127 Å². The average Bonchev–Trinajstić information content (AvgIpc) is 3.36. The van der Waals surface area contributed by atoms with Crippen molar-refractivity contribution < 1.29 is 32.8 Å². The highest BCUT2D eigenvalue weighted by Gasteiger charge is 2.38. The summed E-state index contributed by atoms with van der Waals surface area (Å²) in [6.45, 7) is 11.0. The standard InChI is InChI=1S/C56H67N4O7P/c1-41(2)60(42(3)4)68(67-38-16-33-57)66-37-15-9-13-35-59-55(62)46-24-22-44-20-19-43-21-23-45(39-52(43)53(44)40-46)54(61)58-34-12-8-14-36-65-56(47-17-10-7-11-18-47,48-25-29-50(63-5)30-26-48)49-27-31-51(64-6)32-28-49/h7,10-11,17-32,39-42H,8-9,12-16,34-38H2,1-6H3,(H,58,61)(H,59,62). The number of methoxy groups -OCH3 is 2. The molecule has 0 aliphatic carbocycles. The summed E-state index contributed by atoms with van der Waals surface area (Å²) in [5.41, 5.74) is 3.26. The van der Waals surface area contributed by atoms with E-state index in [4.69, 9.17) is 28.5 Å². The number of benzene rings is 6. The maximum Gasteiger partial charge on any atom is 0.259 e. The lowest BCUT2D eigenvalue weighted by Crippen LogP contribution is -2.33. The quantitative estimate of drug-likeness (QED) is 0.0224. The van der Waals surface area contributed by atoms with Crippen LogP contribution in [0.2, 0.25) is 0 Å². The van der Waals surface area contributed by atoms with Crippen LogP contribution in [-0.2, 0) is 19.4 Å². The fraction of sp³-hybridized carbons (Fsp3) is 0.375. The predicted octanol–water partition coefficient (Wildman–Crippen LogP) is 12.1. The Balaban J connectivity index is 1.01. The van der Waals surface area contributed by atoms with E-state index in [9.17, 15) is 9.59 Å². The Kier molecular flexibility index (Phi) is 19.7. The van der Waals surface area contributed by atoms with Crippen LogP contribution in [-0.4, -0.2) is 75.7 Å². The van der Waals surface area contributed by atoms with Gasteiger partial charge in [0.25, 0.3) is 20.3 Å². The molecule has 12 heteroatoms. The number of hydrogen-bond acceptors (Lipinski definition) is 9. The van der Waals surface area contributed by atoms with Gasteiger partial charge >= 0.3 is 0 Å². The van der Waals surface area contributed by atoms with E-state index in [0.29, 0.717) is 50.5 Å². The van der Waals surface area contributed by atoms with Crippen LogP contribution in [0, 0.1) is 11.3 Å². The summed E-state index contributed by atoms with van der Waals surface area (Å²) in [6, 6.07) is 44.6. The molecule has 358 valence electrons. The van der Waals surface area contributed by atoms with Gasteiger partial charge in [0.05, 0.1) is 39.9 Å². The van der Waals surface area contributed by atoms with E-state index >= 15 is 0 Å². The third-order valence-electron chi connectivity index (χ3n) is 11.9. The number of amides is 2. The molecule has 0 aliphatic heterocycles. The van der Waals surface area contributed by atoms with E-state index in [1.165, 1.54) is 0 Å². The zero-order valence-corrected chi connectivity index (χ0v) is 41.4. The molecule has 2 amide bonds. The normalized spacial score (nSPS) is 12.1. The van der Waals surface area contributed by atoms with Gasteiger partial charge in [-0.1, -0.05) is 78.9 Å². The lowest BCUT2D eigenvalue weighted by atomic mass is 9.80. The molecule has 0 saturated heterocycles. The molecular formula is C56H67N4O7P. The van der Waals surface area contributed by atoms with Crippen LogP contribution in [0.3, 0.4) is 0 Å². The molecule has 0 bridgehead atoms. The summed E-state index contributed by atoms with van der Waals surface area (Å²) in [4.78, 5) is 26.9. The first kappa shape index (κ1) is 51.5. The Morgan fingerprint density at radius 3 is 1.51 bits per heavy atom. The minimum atomic E-state index is -1.26. The number of unbranched alkanes of at least 4 members (excludes halogenated alkanes) is 4. The summed E-state index contributed by atoms with van der Waals surface area (Å²) < 4.78 is 32.4. The molecule has 0 spiro atoms. The second-order valence-corrected chi connectivity index (χ2v) is 18.8. The first-order chi connectivity index (χ1) is 33.1. The van der Waals surface area contributed by atoms with Crippen molar-refractivity contribution in [2.45, 2.75) is 90.3 Å². The van der Waals surface area contributed by atoms with Gasteiger partial charge in [0.15, 0.2) is 0 Å². The molecule has 0 heterocycles. The van der Waals surface area contributed by atoms with Crippen molar-refractivity contribution in [3.05, 3.63) is 155 Å². The van der Waals surface area contributed by atoms with Crippen molar-refractivity contribution in [2.24, 2.45) is 0 Å². The van der Waals surface area contributed by atoms with E-state index in [1.54, 1.807) is 14.2 Å². The lowest BCUT2D eigenvalue weighted by molar-refractivity contribution is 0.0106. The van der Waals surface area contributed by atoms with Gasteiger partial charge in [-0.15, -0.1) is 0 Å². The van der Waals surface area contributed by atoms with E-state index in [0.717, 1.165) is 88.3 Å². The van der Waals surface area contributed by atoms with E-state index in [-0.39, 0.29) is 23.9 Å². The van der Waals surface area contributed by atoms with Crippen LogP contribution in [0.5, 0.6) is 11.5 Å². The van der Waals surface area contributed by atoms with E-state index in [1.807, 2.05) is 91.0 Å². The molecule has 11 nitrogen and oxygen atoms in total. The van der Waals surface area contributed by atoms with E-state index < -0.39 is 14.1 Å². The van der Waals surface area contributed by atoms with Crippen molar-refractivity contribution in [3.63, 3.8) is 0 Å². The molecule has 0 radical (unpaired) electrons. The third-order valence-corrected chi connectivity index (χ3v) is 14.0. The molecule has 0 aliphatic rings. The Morgan fingerprint density at radius 1 is 0.588 bits per heavy atom. The lowest BCUT2D eigenvalue weighted by Gasteiger charge is -2.36. The van der Waals surface area contributed by atoms with Gasteiger partial charge in [-0.3, -0.25) is 9.59 Å². The number of rotatable bonds is 27. The van der Waals surface area contributed by atoms with Crippen LogP contribution >= 0.6 is 8.53 Å². The fourth-order valence-electron chi connectivity index (χ4n) is 8.50. The van der Waals surface area contributed by atoms with Crippen LogP contribution in [0.25, 0.3) is 21.5 Å². The molecule has 0 aromatic heterocycles. The Bertz CT molecular complexity index is 2510. The van der Waals surface area contributed by atoms with Gasteiger partial charge in [-0.2, -0.15) is 5.26 Å². The van der Waals surface area contributed by atoms with Crippen molar-refractivity contribution >= 4 is 41.9 Å². The number of nitriles is 1. The van der Waals surface area contributed by atoms with E-state index in [2.05, 4.69) is 85.5 Å². The summed E-state index contributed by atoms with van der Waals surface area (Å²) in [5.74, 6) is 1.27. The molecule has 0 saturated carbocycles. The third kappa shape index (κ3) is 13.4. The summed E-state index contributed by atoms with van der Waals surface area (Å²) in [5, 5.41) is 19.0. The molecule has 0 fully saturated rings. The average molecular weight is 939 g/mol. The molecular weight excluding hydrogens is 872 g/mol. The minimum absolute atomic E-state index is 0.134. The first-order valence-corrected chi connectivity index (χ1v) is 24.9. The number of hydrogen-bond donors (Lipinski definition) is 2. The fourth-order valence-corrected chi connectivity index (χ4v) is 10.1. The molecule has 6 rings (SSSR count). The van der Waals surface area contributed by atoms with Crippen LogP contribution < -0.4 is 20.1 Å². The van der Waals surface area contributed by atoms with Crippen molar-refractivity contribution in [1.29, 1.82) is 5.26 Å². The Hall–Kier alpha value is -5.86. The van der Waals surface area contributed by atoms with Gasteiger partial charge in [-0.25, -0.2) is 4.67 Å². The zero-order valence-electron chi connectivity index (χ0n) is 40.5. The Labute approximate surface area is 404 Å². The number of carbonyl (C=O) groups is 2. The number of ether oxygens (including phenoxy) is 3.